The Balaban J connectivity index is 1.55. The van der Waals surface area contributed by atoms with Crippen molar-refractivity contribution in [2.45, 2.75) is 32.7 Å². The lowest BCUT2D eigenvalue weighted by atomic mass is 9.93. The third kappa shape index (κ3) is 4.44. The number of nitrogens with zero attached hydrogens (tertiary/aromatic N) is 3. The Bertz CT molecular complexity index is 745. The zero-order valence-electron chi connectivity index (χ0n) is 15.0. The van der Waals surface area contributed by atoms with Gasteiger partial charge in [0.15, 0.2) is 0 Å². The highest BCUT2D eigenvalue weighted by molar-refractivity contribution is 7.09. The van der Waals surface area contributed by atoms with E-state index >= 15 is 0 Å². The predicted molar refractivity (Wildman–Crippen MR) is 98.4 cm³/mol. The van der Waals surface area contributed by atoms with Gasteiger partial charge in [-0.15, -0.1) is 11.3 Å². The van der Waals surface area contributed by atoms with E-state index in [1.165, 1.54) is 12.1 Å². The summed E-state index contributed by atoms with van der Waals surface area (Å²) in [5.41, 5.74) is 1.63. The molecule has 25 heavy (non-hydrogen) atoms. The van der Waals surface area contributed by atoms with Gasteiger partial charge in [-0.25, -0.2) is 9.37 Å². The van der Waals surface area contributed by atoms with E-state index in [9.17, 15) is 9.18 Å². The normalized spacial score (nSPS) is 16.2. The average Bonchev–Trinajstić information content (AvgIpc) is 3.04. The van der Waals surface area contributed by atoms with Crippen molar-refractivity contribution >= 4 is 17.2 Å². The lowest BCUT2D eigenvalue weighted by molar-refractivity contribution is 0.0628. The summed E-state index contributed by atoms with van der Waals surface area (Å²) in [6.07, 6.45) is 0. The minimum Gasteiger partial charge on any atom is -0.336 e. The molecule has 3 rings (SSSR count). The van der Waals surface area contributed by atoms with Crippen LogP contribution in [0.2, 0.25) is 0 Å². The number of halogens is 1. The molecule has 0 N–H and O–H groups in total. The first kappa shape index (κ1) is 18.0. The van der Waals surface area contributed by atoms with Gasteiger partial charge in [-0.2, -0.15) is 0 Å². The zero-order chi connectivity index (χ0) is 18.0. The molecule has 1 fully saturated rings. The molecular weight excluding hydrogens is 337 g/mol. The first-order valence-corrected chi connectivity index (χ1v) is 9.43. The van der Waals surface area contributed by atoms with Crippen LogP contribution in [0.15, 0.2) is 29.6 Å². The average molecular weight is 361 g/mol. The molecule has 1 aromatic heterocycles. The maximum Gasteiger partial charge on any atom is 0.254 e. The van der Waals surface area contributed by atoms with Gasteiger partial charge in [-0.1, -0.05) is 26.8 Å². The summed E-state index contributed by atoms with van der Waals surface area (Å²) in [6, 6.07) is 5.91. The Morgan fingerprint density at radius 2 is 1.96 bits per heavy atom. The summed E-state index contributed by atoms with van der Waals surface area (Å²) in [4.78, 5) is 21.3. The van der Waals surface area contributed by atoms with E-state index in [2.05, 4.69) is 31.1 Å². The van der Waals surface area contributed by atoms with Crippen molar-refractivity contribution < 1.29 is 9.18 Å². The van der Waals surface area contributed by atoms with Crippen molar-refractivity contribution in [2.24, 2.45) is 0 Å². The molecule has 0 aliphatic carbocycles. The van der Waals surface area contributed by atoms with Crippen LogP contribution in [0.1, 0.15) is 41.8 Å². The van der Waals surface area contributed by atoms with Crippen LogP contribution in [0.4, 0.5) is 4.39 Å². The summed E-state index contributed by atoms with van der Waals surface area (Å²) in [5.74, 6) is -0.466. The van der Waals surface area contributed by atoms with Gasteiger partial charge < -0.3 is 4.90 Å². The predicted octanol–water partition coefficient (Wildman–Crippen LogP) is 3.54. The van der Waals surface area contributed by atoms with E-state index in [4.69, 9.17) is 4.98 Å². The smallest absolute Gasteiger partial charge is 0.254 e. The van der Waals surface area contributed by atoms with E-state index in [-0.39, 0.29) is 17.1 Å². The monoisotopic (exact) mass is 361 g/mol. The van der Waals surface area contributed by atoms with Crippen molar-refractivity contribution in [3.8, 4) is 0 Å². The second-order valence-corrected chi connectivity index (χ2v) is 8.40. The topological polar surface area (TPSA) is 36.4 Å². The largest absolute Gasteiger partial charge is 0.336 e. The van der Waals surface area contributed by atoms with E-state index in [0.717, 1.165) is 30.3 Å². The number of hydrogen-bond donors (Lipinski definition) is 0. The number of aromatic nitrogens is 1. The van der Waals surface area contributed by atoms with Gasteiger partial charge in [0.1, 0.15) is 10.8 Å². The molecule has 0 bridgehead atoms. The van der Waals surface area contributed by atoms with Crippen LogP contribution in [0.3, 0.4) is 0 Å². The summed E-state index contributed by atoms with van der Waals surface area (Å²) in [5, 5.41) is 3.26. The van der Waals surface area contributed by atoms with Gasteiger partial charge in [-0.3, -0.25) is 9.69 Å². The van der Waals surface area contributed by atoms with Crippen LogP contribution >= 0.6 is 11.3 Å². The maximum absolute atomic E-state index is 13.3. The van der Waals surface area contributed by atoms with Crippen LogP contribution in [0.5, 0.6) is 0 Å². The molecule has 1 aliphatic heterocycles. The molecule has 0 unspecified atom stereocenters. The van der Waals surface area contributed by atoms with Crippen molar-refractivity contribution in [3.05, 3.63) is 51.7 Å². The number of thiazole rings is 1. The molecule has 0 spiro atoms. The number of benzene rings is 1. The molecular formula is C19H24FN3OS. The number of piperazine rings is 1. The van der Waals surface area contributed by atoms with Gasteiger partial charge in [-0.05, 0) is 18.2 Å². The van der Waals surface area contributed by atoms with Crippen LogP contribution in [0, 0.1) is 5.82 Å². The second-order valence-electron chi connectivity index (χ2n) is 7.46. The van der Waals surface area contributed by atoms with Gasteiger partial charge in [0.25, 0.3) is 5.91 Å². The number of rotatable bonds is 3. The van der Waals surface area contributed by atoms with Gasteiger partial charge in [0.05, 0.1) is 12.2 Å². The standard InChI is InChI=1S/C19H24FN3OS/c1-19(2,3)16-13-25-17(21-16)12-22-7-9-23(10-8-22)18(24)14-5-4-6-15(20)11-14/h4-6,11,13H,7-10,12H2,1-3H3. The number of carbonyl (C=O) groups excluding carboxylic acids is 1. The first-order valence-electron chi connectivity index (χ1n) is 8.55. The fraction of sp³-hybridized carbons (Fsp3) is 0.474. The molecule has 2 heterocycles. The quantitative estimate of drug-likeness (QED) is 0.839. The fourth-order valence-electron chi connectivity index (χ4n) is 2.83. The van der Waals surface area contributed by atoms with Gasteiger partial charge in [0.2, 0.25) is 0 Å². The molecule has 0 saturated carbocycles. The molecule has 1 aromatic carbocycles. The van der Waals surface area contributed by atoms with E-state index < -0.39 is 0 Å². The Morgan fingerprint density at radius 1 is 1.24 bits per heavy atom. The van der Waals surface area contributed by atoms with Crippen LogP contribution in [-0.2, 0) is 12.0 Å². The third-order valence-corrected chi connectivity index (χ3v) is 5.24. The highest BCUT2D eigenvalue weighted by Crippen LogP contribution is 2.24. The molecule has 1 amide bonds. The van der Waals surface area contributed by atoms with Crippen molar-refractivity contribution in [1.29, 1.82) is 0 Å². The molecule has 2 aromatic rings. The van der Waals surface area contributed by atoms with E-state index in [1.807, 2.05) is 0 Å². The van der Waals surface area contributed by atoms with Crippen molar-refractivity contribution in [1.82, 2.24) is 14.8 Å². The molecule has 0 radical (unpaired) electrons. The van der Waals surface area contributed by atoms with Gasteiger partial charge in [0, 0.05) is 42.5 Å². The summed E-state index contributed by atoms with van der Waals surface area (Å²) in [6.45, 7) is 10.3. The Hall–Kier alpha value is -1.79. The Morgan fingerprint density at radius 3 is 2.56 bits per heavy atom. The molecule has 4 nitrogen and oxygen atoms in total. The van der Waals surface area contributed by atoms with Crippen molar-refractivity contribution in [2.75, 3.05) is 26.2 Å². The molecule has 6 heteroatoms. The lowest BCUT2D eigenvalue weighted by Crippen LogP contribution is -2.48. The van der Waals surface area contributed by atoms with Gasteiger partial charge >= 0.3 is 0 Å². The van der Waals surface area contributed by atoms with Crippen LogP contribution < -0.4 is 0 Å². The lowest BCUT2D eigenvalue weighted by Gasteiger charge is -2.34. The Labute approximate surface area is 152 Å². The van der Waals surface area contributed by atoms with Crippen LogP contribution in [-0.4, -0.2) is 46.9 Å². The summed E-state index contributed by atoms with van der Waals surface area (Å²) in [7, 11) is 0. The van der Waals surface area contributed by atoms with E-state index in [0.29, 0.717) is 18.7 Å². The summed E-state index contributed by atoms with van der Waals surface area (Å²) >= 11 is 1.70. The summed E-state index contributed by atoms with van der Waals surface area (Å²) < 4.78 is 13.3. The first-order chi connectivity index (χ1) is 11.8. The minimum absolute atomic E-state index is 0.0742. The number of amides is 1. The minimum atomic E-state index is -0.372. The van der Waals surface area contributed by atoms with Crippen molar-refractivity contribution in [3.63, 3.8) is 0 Å². The highest BCUT2D eigenvalue weighted by atomic mass is 32.1. The molecule has 1 saturated heterocycles. The highest BCUT2D eigenvalue weighted by Gasteiger charge is 2.24. The zero-order valence-corrected chi connectivity index (χ0v) is 15.8. The molecule has 134 valence electrons. The molecule has 1 aliphatic rings. The number of hydrogen-bond acceptors (Lipinski definition) is 4. The maximum atomic E-state index is 13.3. The Kier molecular flexibility index (Phi) is 5.20. The third-order valence-electron chi connectivity index (χ3n) is 4.41. The second kappa shape index (κ2) is 7.22. The SMILES string of the molecule is CC(C)(C)c1csc(CN2CCN(C(=O)c3cccc(F)c3)CC2)n1. The fourth-order valence-corrected chi connectivity index (χ4v) is 3.89. The number of carbonyl (C=O) groups is 1. The van der Waals surface area contributed by atoms with Crippen LogP contribution in [0.25, 0.3) is 0 Å². The molecule has 0 atom stereocenters. The van der Waals surface area contributed by atoms with E-state index in [1.54, 1.807) is 28.4 Å².